The summed E-state index contributed by atoms with van der Waals surface area (Å²) in [4.78, 5) is 0. The molecule has 2 heteroatoms. The second-order valence-corrected chi connectivity index (χ2v) is 3.04. The highest BCUT2D eigenvalue weighted by Crippen LogP contribution is 2.20. The lowest BCUT2D eigenvalue weighted by Crippen LogP contribution is -2.22. The summed E-state index contributed by atoms with van der Waals surface area (Å²) in [6.07, 6.45) is 0. The van der Waals surface area contributed by atoms with Crippen molar-refractivity contribution in [3.8, 4) is 0 Å². The molecule has 1 N–H and O–H groups in total. The van der Waals surface area contributed by atoms with E-state index < -0.39 is 5.60 Å². The molecule has 0 aliphatic heterocycles. The first-order valence-electron chi connectivity index (χ1n) is 3.51. The molecule has 0 bridgehead atoms. The van der Waals surface area contributed by atoms with Crippen molar-refractivity contribution in [2.24, 2.45) is 0 Å². The molecule has 0 aliphatic carbocycles. The van der Waals surface area contributed by atoms with Crippen molar-refractivity contribution >= 4 is 11.6 Å². The van der Waals surface area contributed by atoms with E-state index in [9.17, 15) is 5.11 Å². The van der Waals surface area contributed by atoms with Crippen LogP contribution in [0.25, 0.3) is 0 Å². The Kier molecular flexibility index (Phi) is 2.53. The zero-order chi connectivity index (χ0) is 8.32. The van der Waals surface area contributed by atoms with Gasteiger partial charge in [0.05, 0.1) is 5.88 Å². The van der Waals surface area contributed by atoms with Crippen LogP contribution < -0.4 is 0 Å². The average Bonchev–Trinajstić information content (AvgIpc) is 2.06. The van der Waals surface area contributed by atoms with E-state index in [0.717, 1.165) is 5.56 Å². The van der Waals surface area contributed by atoms with Crippen LogP contribution in [-0.2, 0) is 5.60 Å². The molecule has 0 aliphatic rings. The largest absolute Gasteiger partial charge is 0.384 e. The molecular weight excluding hydrogens is 160 g/mol. The lowest BCUT2D eigenvalue weighted by atomic mass is 9.99. The van der Waals surface area contributed by atoms with E-state index in [0.29, 0.717) is 0 Å². The molecule has 60 valence electrons. The predicted octanol–water partition coefficient (Wildman–Crippen LogP) is 2.13. The maximum atomic E-state index is 9.66. The van der Waals surface area contributed by atoms with Gasteiger partial charge in [0.25, 0.3) is 0 Å². The lowest BCUT2D eigenvalue weighted by Gasteiger charge is -2.19. The summed E-state index contributed by atoms with van der Waals surface area (Å²) in [5, 5.41) is 9.66. The molecule has 0 heterocycles. The number of hydrogen-bond acceptors (Lipinski definition) is 1. The van der Waals surface area contributed by atoms with Crippen molar-refractivity contribution in [3.05, 3.63) is 35.9 Å². The first kappa shape index (κ1) is 8.57. The van der Waals surface area contributed by atoms with Gasteiger partial charge in [0, 0.05) is 0 Å². The van der Waals surface area contributed by atoms with Crippen molar-refractivity contribution in [2.45, 2.75) is 12.5 Å². The summed E-state index contributed by atoms with van der Waals surface area (Å²) in [5.41, 5.74) is -0.0435. The maximum Gasteiger partial charge on any atom is 0.100 e. The van der Waals surface area contributed by atoms with Gasteiger partial charge in [-0.2, -0.15) is 0 Å². The van der Waals surface area contributed by atoms with Gasteiger partial charge >= 0.3 is 0 Å². The van der Waals surface area contributed by atoms with Crippen LogP contribution in [0.1, 0.15) is 12.5 Å². The number of alkyl halides is 1. The fourth-order valence-corrected chi connectivity index (χ4v) is 1.03. The van der Waals surface area contributed by atoms with Crippen molar-refractivity contribution in [1.82, 2.24) is 0 Å². The summed E-state index contributed by atoms with van der Waals surface area (Å²) in [5.74, 6) is 0.219. The molecular formula is C9H11ClO. The van der Waals surface area contributed by atoms with Crippen LogP contribution >= 0.6 is 11.6 Å². The van der Waals surface area contributed by atoms with E-state index >= 15 is 0 Å². The lowest BCUT2D eigenvalue weighted by molar-refractivity contribution is 0.0824. The molecule has 0 amide bonds. The Morgan fingerprint density at radius 1 is 1.36 bits per heavy atom. The quantitative estimate of drug-likeness (QED) is 0.675. The van der Waals surface area contributed by atoms with Crippen LogP contribution in [0.15, 0.2) is 30.3 Å². The van der Waals surface area contributed by atoms with Crippen LogP contribution in [0.3, 0.4) is 0 Å². The fraction of sp³-hybridized carbons (Fsp3) is 0.333. The van der Waals surface area contributed by atoms with Gasteiger partial charge in [-0.3, -0.25) is 0 Å². The van der Waals surface area contributed by atoms with Crippen molar-refractivity contribution < 1.29 is 5.11 Å². The highest BCUT2D eigenvalue weighted by molar-refractivity contribution is 6.18. The van der Waals surface area contributed by atoms with Gasteiger partial charge in [-0.1, -0.05) is 30.3 Å². The van der Waals surface area contributed by atoms with Crippen molar-refractivity contribution in [1.29, 1.82) is 0 Å². The highest BCUT2D eigenvalue weighted by Gasteiger charge is 2.20. The van der Waals surface area contributed by atoms with Gasteiger partial charge in [0.1, 0.15) is 5.60 Å². The van der Waals surface area contributed by atoms with Crippen molar-refractivity contribution in [3.63, 3.8) is 0 Å². The molecule has 0 aromatic heterocycles. The Bertz CT molecular complexity index is 218. The summed E-state index contributed by atoms with van der Waals surface area (Å²) in [6, 6.07) is 9.41. The number of benzene rings is 1. The molecule has 0 fully saturated rings. The van der Waals surface area contributed by atoms with Crippen LogP contribution in [0.5, 0.6) is 0 Å². The van der Waals surface area contributed by atoms with E-state index in [2.05, 4.69) is 0 Å². The highest BCUT2D eigenvalue weighted by atomic mass is 35.5. The smallest absolute Gasteiger partial charge is 0.100 e. The molecule has 1 aromatic carbocycles. The van der Waals surface area contributed by atoms with Crippen LogP contribution in [0, 0.1) is 0 Å². The summed E-state index contributed by atoms with van der Waals surface area (Å²) in [6.45, 7) is 1.70. The second kappa shape index (κ2) is 3.24. The third-order valence-electron chi connectivity index (χ3n) is 1.66. The third kappa shape index (κ3) is 1.95. The van der Waals surface area contributed by atoms with Gasteiger partial charge in [-0.25, -0.2) is 0 Å². The molecule has 0 unspecified atom stereocenters. The van der Waals surface area contributed by atoms with E-state index in [-0.39, 0.29) is 5.88 Å². The predicted molar refractivity (Wildman–Crippen MR) is 46.7 cm³/mol. The molecule has 0 spiro atoms. The Hall–Kier alpha value is -0.530. The van der Waals surface area contributed by atoms with Gasteiger partial charge in [0.2, 0.25) is 0 Å². The molecule has 0 saturated heterocycles. The van der Waals surface area contributed by atoms with Gasteiger partial charge in [-0.15, -0.1) is 11.6 Å². The van der Waals surface area contributed by atoms with Crippen LogP contribution in [0.4, 0.5) is 0 Å². The summed E-state index contributed by atoms with van der Waals surface area (Å²) < 4.78 is 0. The molecule has 11 heavy (non-hydrogen) atoms. The van der Waals surface area contributed by atoms with E-state index in [1.165, 1.54) is 0 Å². The van der Waals surface area contributed by atoms with Gasteiger partial charge in [-0.05, 0) is 12.5 Å². The molecule has 0 saturated carbocycles. The van der Waals surface area contributed by atoms with Crippen molar-refractivity contribution in [2.75, 3.05) is 5.88 Å². The first-order valence-corrected chi connectivity index (χ1v) is 4.04. The topological polar surface area (TPSA) is 20.2 Å². The average molecular weight is 171 g/mol. The standard InChI is InChI=1S/C9H11ClO/c1-9(11,7-10)8-5-3-2-4-6-8/h2-6,11H,7H2,1H3/t9-/m1/s1. The monoisotopic (exact) mass is 170 g/mol. The maximum absolute atomic E-state index is 9.66. The zero-order valence-corrected chi connectivity index (χ0v) is 7.17. The second-order valence-electron chi connectivity index (χ2n) is 2.77. The number of aliphatic hydroxyl groups is 1. The Balaban J connectivity index is 2.93. The first-order chi connectivity index (χ1) is 5.17. The van der Waals surface area contributed by atoms with E-state index in [1.54, 1.807) is 6.92 Å². The third-order valence-corrected chi connectivity index (χ3v) is 2.18. The van der Waals surface area contributed by atoms with Crippen LogP contribution in [-0.4, -0.2) is 11.0 Å². The Morgan fingerprint density at radius 2 is 1.91 bits per heavy atom. The molecule has 1 nitrogen and oxygen atoms in total. The summed E-state index contributed by atoms with van der Waals surface area (Å²) >= 11 is 5.58. The molecule has 1 atom stereocenters. The Morgan fingerprint density at radius 3 is 2.36 bits per heavy atom. The molecule has 0 radical (unpaired) electrons. The van der Waals surface area contributed by atoms with Gasteiger partial charge < -0.3 is 5.11 Å². The minimum Gasteiger partial charge on any atom is -0.384 e. The minimum atomic E-state index is -0.900. The normalized spacial score (nSPS) is 15.9. The number of halogens is 1. The summed E-state index contributed by atoms with van der Waals surface area (Å²) in [7, 11) is 0. The SMILES string of the molecule is C[C@@](O)(CCl)c1ccccc1. The van der Waals surface area contributed by atoms with Gasteiger partial charge in [0.15, 0.2) is 0 Å². The zero-order valence-electron chi connectivity index (χ0n) is 6.42. The molecule has 1 rings (SSSR count). The minimum absolute atomic E-state index is 0.219. The van der Waals surface area contributed by atoms with E-state index in [4.69, 9.17) is 11.6 Å². The van der Waals surface area contributed by atoms with Crippen LogP contribution in [0.2, 0.25) is 0 Å². The molecule has 1 aromatic rings. The fourth-order valence-electron chi connectivity index (χ4n) is 0.874. The number of hydrogen-bond donors (Lipinski definition) is 1. The Labute approximate surface area is 71.6 Å². The number of rotatable bonds is 2. The van der Waals surface area contributed by atoms with E-state index in [1.807, 2.05) is 30.3 Å².